The number of hydrogen-bond acceptors (Lipinski definition) is 2. The second kappa shape index (κ2) is 4.42. The molecule has 0 aliphatic carbocycles. The van der Waals surface area contributed by atoms with Gasteiger partial charge in [-0.2, -0.15) is 0 Å². The summed E-state index contributed by atoms with van der Waals surface area (Å²) in [5, 5.41) is 0. The molecular weight excluding hydrogens is 269 g/mol. The molecule has 64 valence electrons. The van der Waals surface area contributed by atoms with E-state index in [0.29, 0.717) is 5.56 Å². The standard InChI is InChI=1S/C8H8INO2/c1-12-10-8(11)6-4-2-3-5-7(6)9/h2-5H,1H3,(H,10,11). The highest BCUT2D eigenvalue weighted by atomic mass is 127. The van der Waals surface area contributed by atoms with Gasteiger partial charge in [0.1, 0.15) is 0 Å². The lowest BCUT2D eigenvalue weighted by atomic mass is 10.2. The fraction of sp³-hybridized carbons (Fsp3) is 0.125. The molecule has 0 aromatic heterocycles. The number of hydrogen-bond donors (Lipinski definition) is 1. The molecule has 0 atom stereocenters. The van der Waals surface area contributed by atoms with Crippen LogP contribution in [0.2, 0.25) is 0 Å². The van der Waals surface area contributed by atoms with E-state index in [0.717, 1.165) is 3.57 Å². The van der Waals surface area contributed by atoms with Gasteiger partial charge in [0, 0.05) is 3.57 Å². The van der Waals surface area contributed by atoms with Gasteiger partial charge in [-0.05, 0) is 34.7 Å². The SMILES string of the molecule is CONC(=O)c1ccccc1I. The number of halogens is 1. The van der Waals surface area contributed by atoms with Crippen LogP contribution in [0, 0.1) is 3.57 Å². The van der Waals surface area contributed by atoms with Crippen molar-refractivity contribution >= 4 is 28.5 Å². The van der Waals surface area contributed by atoms with Gasteiger partial charge in [0.2, 0.25) is 0 Å². The van der Waals surface area contributed by atoms with E-state index in [4.69, 9.17) is 0 Å². The summed E-state index contributed by atoms with van der Waals surface area (Å²) in [5.74, 6) is -0.220. The van der Waals surface area contributed by atoms with Crippen LogP contribution in [0.15, 0.2) is 24.3 Å². The first kappa shape index (κ1) is 9.47. The molecule has 1 rings (SSSR count). The number of rotatable bonds is 2. The number of amides is 1. The Labute approximate surface area is 84.2 Å². The van der Waals surface area contributed by atoms with Gasteiger partial charge in [-0.1, -0.05) is 12.1 Å². The van der Waals surface area contributed by atoms with Gasteiger partial charge in [0.05, 0.1) is 12.7 Å². The van der Waals surface area contributed by atoms with Gasteiger partial charge >= 0.3 is 0 Å². The van der Waals surface area contributed by atoms with E-state index in [1.165, 1.54) is 7.11 Å². The molecule has 12 heavy (non-hydrogen) atoms. The summed E-state index contributed by atoms with van der Waals surface area (Å²) < 4.78 is 0.907. The first-order valence-corrected chi connectivity index (χ1v) is 4.41. The van der Waals surface area contributed by atoms with Crippen molar-refractivity contribution in [3.05, 3.63) is 33.4 Å². The normalized spacial score (nSPS) is 9.50. The first-order valence-electron chi connectivity index (χ1n) is 3.33. The van der Waals surface area contributed by atoms with Crippen LogP contribution in [-0.2, 0) is 4.84 Å². The number of benzene rings is 1. The van der Waals surface area contributed by atoms with E-state index >= 15 is 0 Å². The second-order valence-electron chi connectivity index (χ2n) is 2.12. The summed E-state index contributed by atoms with van der Waals surface area (Å²) in [4.78, 5) is 15.7. The molecule has 1 N–H and O–H groups in total. The zero-order valence-electron chi connectivity index (χ0n) is 6.50. The molecular formula is C8H8INO2. The van der Waals surface area contributed by atoms with Crippen LogP contribution in [0.5, 0.6) is 0 Å². The third-order valence-corrected chi connectivity index (χ3v) is 2.25. The van der Waals surface area contributed by atoms with Crippen LogP contribution < -0.4 is 5.48 Å². The largest absolute Gasteiger partial charge is 0.277 e. The lowest BCUT2D eigenvalue weighted by Crippen LogP contribution is -2.22. The van der Waals surface area contributed by atoms with Crippen LogP contribution in [0.4, 0.5) is 0 Å². The lowest BCUT2D eigenvalue weighted by molar-refractivity contribution is 0.0536. The minimum atomic E-state index is -0.220. The minimum absolute atomic E-state index is 0.220. The Bertz CT molecular complexity index is 288. The van der Waals surface area contributed by atoms with Gasteiger partial charge < -0.3 is 0 Å². The Hall–Kier alpha value is -0.620. The Kier molecular flexibility index (Phi) is 3.48. The molecule has 1 aromatic rings. The highest BCUT2D eigenvalue weighted by Gasteiger charge is 2.07. The van der Waals surface area contributed by atoms with Crippen LogP contribution in [0.3, 0.4) is 0 Å². The summed E-state index contributed by atoms with van der Waals surface area (Å²) in [6.07, 6.45) is 0. The Morgan fingerprint density at radius 2 is 2.17 bits per heavy atom. The molecule has 0 spiro atoms. The molecule has 0 heterocycles. The van der Waals surface area contributed by atoms with Crippen molar-refractivity contribution in [2.45, 2.75) is 0 Å². The molecule has 0 unspecified atom stereocenters. The van der Waals surface area contributed by atoms with Crippen molar-refractivity contribution < 1.29 is 9.63 Å². The van der Waals surface area contributed by atoms with E-state index in [-0.39, 0.29) is 5.91 Å². The molecule has 0 fully saturated rings. The van der Waals surface area contributed by atoms with Crippen LogP contribution in [0.25, 0.3) is 0 Å². The number of carbonyl (C=O) groups is 1. The van der Waals surface area contributed by atoms with Gasteiger partial charge in [-0.3, -0.25) is 9.63 Å². The molecule has 0 aliphatic heterocycles. The fourth-order valence-corrected chi connectivity index (χ4v) is 1.43. The summed E-state index contributed by atoms with van der Waals surface area (Å²) >= 11 is 2.10. The molecule has 0 saturated carbocycles. The first-order chi connectivity index (χ1) is 5.75. The van der Waals surface area contributed by atoms with Crippen molar-refractivity contribution in [3.63, 3.8) is 0 Å². The quantitative estimate of drug-likeness (QED) is 0.658. The van der Waals surface area contributed by atoms with Gasteiger partial charge in [0.25, 0.3) is 5.91 Å². The van der Waals surface area contributed by atoms with E-state index in [1.54, 1.807) is 6.07 Å². The summed E-state index contributed by atoms with van der Waals surface area (Å²) in [5.41, 5.74) is 2.88. The van der Waals surface area contributed by atoms with Crippen molar-refractivity contribution in [1.82, 2.24) is 5.48 Å². The summed E-state index contributed by atoms with van der Waals surface area (Å²) in [6.45, 7) is 0. The molecule has 0 aliphatic rings. The molecule has 0 radical (unpaired) electrons. The Balaban J connectivity index is 2.87. The lowest BCUT2D eigenvalue weighted by Gasteiger charge is -2.02. The molecule has 4 heteroatoms. The van der Waals surface area contributed by atoms with Gasteiger partial charge in [-0.15, -0.1) is 0 Å². The summed E-state index contributed by atoms with van der Waals surface area (Å²) in [7, 11) is 1.41. The zero-order chi connectivity index (χ0) is 8.97. The Morgan fingerprint density at radius 1 is 1.50 bits per heavy atom. The van der Waals surface area contributed by atoms with Crippen molar-refractivity contribution in [2.75, 3.05) is 7.11 Å². The maximum absolute atomic E-state index is 11.2. The number of hydroxylamine groups is 1. The van der Waals surface area contributed by atoms with Crippen LogP contribution in [-0.4, -0.2) is 13.0 Å². The molecule has 1 amide bonds. The highest BCUT2D eigenvalue weighted by molar-refractivity contribution is 14.1. The Morgan fingerprint density at radius 3 is 2.75 bits per heavy atom. The fourth-order valence-electron chi connectivity index (χ4n) is 0.793. The molecule has 3 nitrogen and oxygen atoms in total. The monoisotopic (exact) mass is 277 g/mol. The second-order valence-corrected chi connectivity index (χ2v) is 3.28. The van der Waals surface area contributed by atoms with Crippen LogP contribution in [0.1, 0.15) is 10.4 Å². The predicted molar refractivity (Wildman–Crippen MR) is 53.6 cm³/mol. The van der Waals surface area contributed by atoms with Crippen molar-refractivity contribution in [2.24, 2.45) is 0 Å². The molecule has 1 aromatic carbocycles. The summed E-state index contributed by atoms with van der Waals surface area (Å²) in [6, 6.07) is 7.30. The predicted octanol–water partition coefficient (Wildman–Crippen LogP) is 1.58. The maximum atomic E-state index is 11.2. The number of carbonyl (C=O) groups excluding carboxylic acids is 1. The van der Waals surface area contributed by atoms with E-state index in [1.807, 2.05) is 18.2 Å². The minimum Gasteiger partial charge on any atom is -0.277 e. The molecule has 0 bridgehead atoms. The zero-order valence-corrected chi connectivity index (χ0v) is 8.66. The van der Waals surface area contributed by atoms with Crippen LogP contribution >= 0.6 is 22.6 Å². The van der Waals surface area contributed by atoms with Gasteiger partial charge in [0.15, 0.2) is 0 Å². The third kappa shape index (κ3) is 2.18. The maximum Gasteiger partial charge on any atom is 0.275 e. The highest BCUT2D eigenvalue weighted by Crippen LogP contribution is 2.10. The van der Waals surface area contributed by atoms with E-state index < -0.39 is 0 Å². The van der Waals surface area contributed by atoms with Gasteiger partial charge in [-0.25, -0.2) is 5.48 Å². The third-order valence-electron chi connectivity index (χ3n) is 1.31. The molecule has 0 saturated heterocycles. The van der Waals surface area contributed by atoms with Crippen molar-refractivity contribution in [3.8, 4) is 0 Å². The number of nitrogens with one attached hydrogen (secondary N) is 1. The van der Waals surface area contributed by atoms with E-state index in [9.17, 15) is 4.79 Å². The average Bonchev–Trinajstić information content (AvgIpc) is 2.05. The topological polar surface area (TPSA) is 38.3 Å². The smallest absolute Gasteiger partial charge is 0.275 e. The van der Waals surface area contributed by atoms with E-state index in [2.05, 4.69) is 32.9 Å². The van der Waals surface area contributed by atoms with Crippen molar-refractivity contribution in [1.29, 1.82) is 0 Å². The average molecular weight is 277 g/mol.